The van der Waals surface area contributed by atoms with Gasteiger partial charge in [-0.1, -0.05) is 6.07 Å². The van der Waals surface area contributed by atoms with Gasteiger partial charge < -0.3 is 10.6 Å². The van der Waals surface area contributed by atoms with Crippen LogP contribution < -0.4 is 10.6 Å². The van der Waals surface area contributed by atoms with Crippen LogP contribution >= 0.6 is 0 Å². The van der Waals surface area contributed by atoms with Gasteiger partial charge in [0, 0.05) is 19.3 Å². The summed E-state index contributed by atoms with van der Waals surface area (Å²) in [6.07, 6.45) is -1.67. The quantitative estimate of drug-likeness (QED) is 0.530. The number of fused-ring (bicyclic) bond motifs is 1. The standard InChI is InChI=1S/C18H15F3N8O/c1-10-8-15(28(2)27-10)26-17(30)11-9-22-29-7-6-14(25-16(11)29)24-13-5-3-4-12(23-13)18(19,20)21/h3-9H,1-2H3,(H,26,30)(H,23,24,25). The van der Waals surface area contributed by atoms with E-state index in [0.717, 1.165) is 11.8 Å². The monoisotopic (exact) mass is 416 g/mol. The van der Waals surface area contributed by atoms with Crippen LogP contribution in [0.1, 0.15) is 21.7 Å². The second kappa shape index (κ2) is 7.13. The minimum Gasteiger partial charge on any atom is -0.325 e. The molecule has 12 heteroatoms. The Balaban J connectivity index is 1.62. The second-order valence-electron chi connectivity index (χ2n) is 6.42. The Kier molecular flexibility index (Phi) is 4.60. The zero-order valence-corrected chi connectivity index (χ0v) is 15.8. The van der Waals surface area contributed by atoms with Gasteiger partial charge in [0.2, 0.25) is 0 Å². The summed E-state index contributed by atoms with van der Waals surface area (Å²) in [6.45, 7) is 1.80. The molecule has 0 spiro atoms. The normalized spacial score (nSPS) is 11.6. The summed E-state index contributed by atoms with van der Waals surface area (Å²) >= 11 is 0. The number of carbonyl (C=O) groups excluding carboxylic acids is 1. The first-order chi connectivity index (χ1) is 14.2. The highest BCUT2D eigenvalue weighted by molar-refractivity contribution is 6.07. The molecule has 4 aromatic rings. The molecule has 0 aliphatic carbocycles. The van der Waals surface area contributed by atoms with Crippen LogP contribution in [0.5, 0.6) is 0 Å². The summed E-state index contributed by atoms with van der Waals surface area (Å²) in [5.41, 5.74) is 0.133. The van der Waals surface area contributed by atoms with Gasteiger partial charge in [0.15, 0.2) is 5.65 Å². The van der Waals surface area contributed by atoms with Crippen molar-refractivity contribution in [1.29, 1.82) is 0 Å². The van der Waals surface area contributed by atoms with Crippen molar-refractivity contribution < 1.29 is 18.0 Å². The van der Waals surface area contributed by atoms with Crippen molar-refractivity contribution >= 4 is 29.0 Å². The number of aromatic nitrogens is 6. The van der Waals surface area contributed by atoms with Crippen molar-refractivity contribution in [3.8, 4) is 0 Å². The number of aryl methyl sites for hydroxylation is 2. The number of alkyl halides is 3. The van der Waals surface area contributed by atoms with Gasteiger partial charge in [-0.25, -0.2) is 14.5 Å². The summed E-state index contributed by atoms with van der Waals surface area (Å²) in [5.74, 6) is 0.229. The molecule has 4 heterocycles. The summed E-state index contributed by atoms with van der Waals surface area (Å²) in [4.78, 5) is 20.5. The molecule has 2 N–H and O–H groups in total. The van der Waals surface area contributed by atoms with Crippen LogP contribution in [-0.4, -0.2) is 35.3 Å². The van der Waals surface area contributed by atoms with Crippen LogP contribution in [0.25, 0.3) is 5.65 Å². The molecule has 154 valence electrons. The van der Waals surface area contributed by atoms with Gasteiger partial charge in [-0.3, -0.25) is 9.48 Å². The van der Waals surface area contributed by atoms with Crippen molar-refractivity contribution in [2.24, 2.45) is 7.05 Å². The number of hydrogen-bond acceptors (Lipinski definition) is 6. The minimum absolute atomic E-state index is 0.0300. The summed E-state index contributed by atoms with van der Waals surface area (Å²) in [7, 11) is 1.70. The van der Waals surface area contributed by atoms with Gasteiger partial charge in [-0.15, -0.1) is 0 Å². The maximum atomic E-state index is 12.9. The number of nitrogens with one attached hydrogen (secondary N) is 2. The van der Waals surface area contributed by atoms with E-state index in [1.54, 1.807) is 20.0 Å². The van der Waals surface area contributed by atoms with Crippen LogP contribution in [0.2, 0.25) is 0 Å². The average Bonchev–Trinajstić information content (AvgIpc) is 3.23. The fourth-order valence-electron chi connectivity index (χ4n) is 2.80. The first kappa shape index (κ1) is 19.4. The van der Waals surface area contributed by atoms with Crippen molar-refractivity contribution in [2.75, 3.05) is 10.6 Å². The number of rotatable bonds is 4. The Bertz CT molecular complexity index is 1240. The van der Waals surface area contributed by atoms with Crippen LogP contribution in [0.4, 0.5) is 30.6 Å². The summed E-state index contributed by atoms with van der Waals surface area (Å²) in [6, 6.07) is 6.72. The van der Waals surface area contributed by atoms with Gasteiger partial charge in [-0.05, 0) is 25.1 Å². The van der Waals surface area contributed by atoms with E-state index < -0.39 is 17.8 Å². The van der Waals surface area contributed by atoms with Crippen molar-refractivity contribution in [3.63, 3.8) is 0 Å². The molecule has 0 bridgehead atoms. The first-order valence-corrected chi connectivity index (χ1v) is 8.68. The number of hydrogen-bond donors (Lipinski definition) is 2. The van der Waals surface area contributed by atoms with Gasteiger partial charge in [0.1, 0.15) is 28.7 Å². The van der Waals surface area contributed by atoms with Gasteiger partial charge in [0.25, 0.3) is 5.91 Å². The SMILES string of the molecule is Cc1cc(NC(=O)c2cnn3ccc(Nc4cccc(C(F)(F)F)n4)nc23)n(C)n1. The molecule has 0 saturated heterocycles. The lowest BCUT2D eigenvalue weighted by Crippen LogP contribution is -2.14. The van der Waals surface area contributed by atoms with E-state index in [9.17, 15) is 18.0 Å². The van der Waals surface area contributed by atoms with E-state index in [2.05, 4.69) is 30.8 Å². The highest BCUT2D eigenvalue weighted by atomic mass is 19.4. The van der Waals surface area contributed by atoms with Gasteiger partial charge in [-0.2, -0.15) is 23.4 Å². The van der Waals surface area contributed by atoms with E-state index in [0.29, 0.717) is 5.82 Å². The zero-order chi connectivity index (χ0) is 21.5. The molecule has 4 aromatic heterocycles. The molecule has 0 saturated carbocycles. The van der Waals surface area contributed by atoms with Crippen molar-refractivity contribution in [2.45, 2.75) is 13.1 Å². The molecule has 1 amide bonds. The van der Waals surface area contributed by atoms with E-state index in [1.165, 1.54) is 39.8 Å². The number of anilines is 3. The lowest BCUT2D eigenvalue weighted by molar-refractivity contribution is -0.141. The predicted molar refractivity (Wildman–Crippen MR) is 101 cm³/mol. The zero-order valence-electron chi connectivity index (χ0n) is 15.8. The lowest BCUT2D eigenvalue weighted by atomic mass is 10.3. The maximum absolute atomic E-state index is 12.9. The van der Waals surface area contributed by atoms with Crippen LogP contribution in [0.3, 0.4) is 0 Å². The molecule has 0 aliphatic heterocycles. The molecular weight excluding hydrogens is 401 g/mol. The molecule has 0 aliphatic rings. The molecule has 4 rings (SSSR count). The third-order valence-electron chi connectivity index (χ3n) is 4.15. The number of amides is 1. The fourth-order valence-corrected chi connectivity index (χ4v) is 2.80. The van der Waals surface area contributed by atoms with E-state index in [4.69, 9.17) is 0 Å². The number of halogens is 3. The third-order valence-corrected chi connectivity index (χ3v) is 4.15. The van der Waals surface area contributed by atoms with Gasteiger partial charge >= 0.3 is 6.18 Å². The smallest absolute Gasteiger partial charge is 0.325 e. The molecular formula is C18H15F3N8O. The molecule has 0 aromatic carbocycles. The van der Waals surface area contributed by atoms with Crippen LogP contribution in [0.15, 0.2) is 42.7 Å². The highest BCUT2D eigenvalue weighted by Gasteiger charge is 2.32. The Morgan fingerprint density at radius 3 is 2.60 bits per heavy atom. The van der Waals surface area contributed by atoms with Crippen molar-refractivity contribution in [3.05, 3.63) is 59.7 Å². The van der Waals surface area contributed by atoms with Crippen LogP contribution in [-0.2, 0) is 13.2 Å². The summed E-state index contributed by atoms with van der Waals surface area (Å²) < 4.78 is 41.5. The maximum Gasteiger partial charge on any atom is 0.433 e. The lowest BCUT2D eigenvalue weighted by Gasteiger charge is -2.09. The van der Waals surface area contributed by atoms with E-state index in [-0.39, 0.29) is 22.8 Å². The molecule has 0 unspecified atom stereocenters. The average molecular weight is 416 g/mol. The molecule has 30 heavy (non-hydrogen) atoms. The number of carbonyl (C=O) groups is 1. The number of nitrogens with zero attached hydrogens (tertiary/aromatic N) is 6. The predicted octanol–water partition coefficient (Wildman–Crippen LogP) is 3.18. The first-order valence-electron chi connectivity index (χ1n) is 8.68. The topological polar surface area (TPSA) is 102 Å². The number of pyridine rings is 1. The molecule has 0 atom stereocenters. The molecule has 0 fully saturated rings. The van der Waals surface area contributed by atoms with Crippen molar-refractivity contribution in [1.82, 2.24) is 29.4 Å². The largest absolute Gasteiger partial charge is 0.433 e. The van der Waals surface area contributed by atoms with Crippen LogP contribution in [0, 0.1) is 6.92 Å². The minimum atomic E-state index is -4.56. The molecule has 0 radical (unpaired) electrons. The Labute approximate surface area is 167 Å². The van der Waals surface area contributed by atoms with E-state index in [1.807, 2.05) is 0 Å². The molecule has 9 nitrogen and oxygen atoms in total. The summed E-state index contributed by atoms with van der Waals surface area (Å²) in [5, 5.41) is 13.7. The van der Waals surface area contributed by atoms with Gasteiger partial charge in [0.05, 0.1) is 11.9 Å². The Morgan fingerprint density at radius 1 is 1.13 bits per heavy atom. The third kappa shape index (κ3) is 3.79. The fraction of sp³-hybridized carbons (Fsp3) is 0.167. The Hall–Kier alpha value is -3.96. The van der Waals surface area contributed by atoms with E-state index >= 15 is 0 Å². The Morgan fingerprint density at radius 2 is 1.90 bits per heavy atom. The highest BCUT2D eigenvalue weighted by Crippen LogP contribution is 2.28. The second-order valence-corrected chi connectivity index (χ2v) is 6.42.